The van der Waals surface area contributed by atoms with E-state index in [0.29, 0.717) is 5.92 Å². The molecule has 1 rings (SSSR count). The summed E-state index contributed by atoms with van der Waals surface area (Å²) in [6.45, 7) is 9.57. The summed E-state index contributed by atoms with van der Waals surface area (Å²) in [4.78, 5) is 0. The molecule has 0 bridgehead atoms. The second kappa shape index (κ2) is 4.10. The van der Waals surface area contributed by atoms with Gasteiger partial charge in [-0.15, -0.1) is 6.58 Å². The predicted molar refractivity (Wildman–Crippen MR) is 56.5 cm³/mol. The maximum absolute atomic E-state index is 10.4. The molecule has 1 heteroatoms. The summed E-state index contributed by atoms with van der Waals surface area (Å²) in [6.07, 6.45) is 7.15. The zero-order valence-electron chi connectivity index (χ0n) is 8.55. The van der Waals surface area contributed by atoms with Crippen LogP contribution in [0.5, 0.6) is 0 Å². The van der Waals surface area contributed by atoms with Gasteiger partial charge in [0.2, 0.25) is 0 Å². The lowest BCUT2D eigenvalue weighted by atomic mass is 9.70. The molecule has 74 valence electrons. The maximum Gasteiger partial charge on any atom is 0.0882 e. The van der Waals surface area contributed by atoms with Gasteiger partial charge in [0.25, 0.3) is 0 Å². The molecule has 1 aliphatic carbocycles. The third-order valence-electron chi connectivity index (χ3n) is 3.23. The Morgan fingerprint density at radius 2 is 2.31 bits per heavy atom. The van der Waals surface area contributed by atoms with Crippen molar-refractivity contribution in [1.29, 1.82) is 0 Å². The molecule has 0 heterocycles. The van der Waals surface area contributed by atoms with Crippen LogP contribution in [0, 0.1) is 5.92 Å². The lowest BCUT2D eigenvalue weighted by molar-refractivity contribution is -0.0136. The number of hydrogen-bond donors (Lipinski definition) is 1. The van der Waals surface area contributed by atoms with E-state index in [1.165, 1.54) is 6.42 Å². The zero-order valence-corrected chi connectivity index (χ0v) is 8.55. The summed E-state index contributed by atoms with van der Waals surface area (Å²) in [5.41, 5.74) is 0.297. The fourth-order valence-electron chi connectivity index (χ4n) is 2.30. The Bertz CT molecular complexity index is 207. The number of rotatable bonds is 3. The molecule has 0 unspecified atom stereocenters. The van der Waals surface area contributed by atoms with Gasteiger partial charge in [0.1, 0.15) is 0 Å². The minimum absolute atomic E-state index is 0.344. The first-order chi connectivity index (χ1) is 6.11. The summed E-state index contributed by atoms with van der Waals surface area (Å²) >= 11 is 0. The minimum atomic E-state index is -0.619. The van der Waals surface area contributed by atoms with Crippen molar-refractivity contribution < 1.29 is 5.11 Å². The van der Waals surface area contributed by atoms with Crippen molar-refractivity contribution in [2.75, 3.05) is 0 Å². The van der Waals surface area contributed by atoms with Crippen LogP contribution in [0.25, 0.3) is 0 Å². The van der Waals surface area contributed by atoms with Gasteiger partial charge in [-0.2, -0.15) is 0 Å². The Labute approximate surface area is 81.2 Å². The molecule has 0 spiro atoms. The van der Waals surface area contributed by atoms with Gasteiger partial charge in [-0.3, -0.25) is 0 Å². The second-order valence-corrected chi connectivity index (χ2v) is 4.17. The molecule has 1 aliphatic rings. The first-order valence-corrected chi connectivity index (χ1v) is 5.10. The highest BCUT2D eigenvalue weighted by Crippen LogP contribution is 2.40. The van der Waals surface area contributed by atoms with Crippen molar-refractivity contribution >= 4 is 0 Å². The van der Waals surface area contributed by atoms with Crippen LogP contribution in [-0.4, -0.2) is 10.7 Å². The van der Waals surface area contributed by atoms with Gasteiger partial charge >= 0.3 is 0 Å². The van der Waals surface area contributed by atoms with Crippen LogP contribution in [0.15, 0.2) is 24.8 Å². The highest BCUT2D eigenvalue weighted by atomic mass is 16.3. The van der Waals surface area contributed by atoms with E-state index in [9.17, 15) is 5.11 Å². The first kappa shape index (κ1) is 10.5. The Kier molecular flexibility index (Phi) is 3.32. The first-order valence-electron chi connectivity index (χ1n) is 5.10. The largest absolute Gasteiger partial charge is 0.385 e. The van der Waals surface area contributed by atoms with Gasteiger partial charge in [0.15, 0.2) is 0 Å². The van der Waals surface area contributed by atoms with Gasteiger partial charge in [0.05, 0.1) is 5.60 Å². The van der Waals surface area contributed by atoms with Crippen molar-refractivity contribution in [2.24, 2.45) is 5.92 Å². The molecular formula is C12H20O. The Balaban J connectivity index is 2.76. The van der Waals surface area contributed by atoms with Crippen molar-refractivity contribution in [3.8, 4) is 0 Å². The fraction of sp³-hybridized carbons (Fsp3) is 0.667. The van der Waals surface area contributed by atoms with Crippen LogP contribution >= 0.6 is 0 Å². The summed E-state index contributed by atoms with van der Waals surface area (Å²) in [5, 5.41) is 10.4. The van der Waals surface area contributed by atoms with E-state index in [4.69, 9.17) is 0 Å². The summed E-state index contributed by atoms with van der Waals surface area (Å²) in [6, 6.07) is 0. The number of allylic oxidation sites excluding steroid dienone is 1. The smallest absolute Gasteiger partial charge is 0.0882 e. The highest BCUT2D eigenvalue weighted by molar-refractivity contribution is 5.14. The molecule has 0 aromatic rings. The van der Waals surface area contributed by atoms with Crippen LogP contribution in [0.3, 0.4) is 0 Å². The molecule has 0 radical (unpaired) electrons. The molecule has 1 fully saturated rings. The van der Waals surface area contributed by atoms with Gasteiger partial charge in [-0.1, -0.05) is 25.5 Å². The molecule has 0 saturated heterocycles. The lowest BCUT2D eigenvalue weighted by Gasteiger charge is -2.40. The molecule has 0 aliphatic heterocycles. The van der Waals surface area contributed by atoms with Gasteiger partial charge < -0.3 is 5.11 Å². The van der Waals surface area contributed by atoms with Crippen molar-refractivity contribution in [1.82, 2.24) is 0 Å². The van der Waals surface area contributed by atoms with Crippen molar-refractivity contribution in [2.45, 2.75) is 44.6 Å². The van der Waals surface area contributed by atoms with E-state index >= 15 is 0 Å². The van der Waals surface area contributed by atoms with Crippen LogP contribution < -0.4 is 0 Å². The molecule has 0 amide bonds. The van der Waals surface area contributed by atoms with Gasteiger partial charge in [-0.05, 0) is 37.7 Å². The monoisotopic (exact) mass is 180 g/mol. The standard InChI is InChI=1S/C12H20O/c1-4-7-11-8-5-6-9-12(11,13)10(2)3/h4,11,13H,1-2,5-9H2,3H3/t11-,12-/m0/s1. The van der Waals surface area contributed by atoms with Gasteiger partial charge in [-0.25, -0.2) is 0 Å². The van der Waals surface area contributed by atoms with Crippen molar-refractivity contribution in [3.63, 3.8) is 0 Å². The van der Waals surface area contributed by atoms with E-state index in [1.54, 1.807) is 0 Å². The highest BCUT2D eigenvalue weighted by Gasteiger charge is 2.38. The molecule has 1 saturated carbocycles. The third kappa shape index (κ3) is 2.02. The molecule has 0 aromatic heterocycles. The normalized spacial score (nSPS) is 34.2. The molecule has 2 atom stereocenters. The number of hydrogen-bond acceptors (Lipinski definition) is 1. The third-order valence-corrected chi connectivity index (χ3v) is 3.23. The zero-order chi connectivity index (χ0) is 9.90. The van der Waals surface area contributed by atoms with E-state index < -0.39 is 5.60 Å². The van der Waals surface area contributed by atoms with Crippen LogP contribution in [0.2, 0.25) is 0 Å². The molecular weight excluding hydrogens is 160 g/mol. The topological polar surface area (TPSA) is 20.2 Å². The Hall–Kier alpha value is -0.560. The van der Waals surface area contributed by atoms with E-state index in [1.807, 2.05) is 13.0 Å². The maximum atomic E-state index is 10.4. The average molecular weight is 180 g/mol. The fourth-order valence-corrected chi connectivity index (χ4v) is 2.30. The SMILES string of the molecule is C=CC[C@H]1CCCC[C@]1(O)C(=C)C. The van der Waals surface area contributed by atoms with E-state index in [-0.39, 0.29) is 0 Å². The van der Waals surface area contributed by atoms with Crippen LogP contribution in [0.1, 0.15) is 39.0 Å². The van der Waals surface area contributed by atoms with Crippen molar-refractivity contribution in [3.05, 3.63) is 24.8 Å². The Morgan fingerprint density at radius 3 is 2.85 bits per heavy atom. The lowest BCUT2D eigenvalue weighted by Crippen LogP contribution is -2.41. The number of aliphatic hydroxyl groups is 1. The summed E-state index contributed by atoms with van der Waals surface area (Å²) < 4.78 is 0. The summed E-state index contributed by atoms with van der Waals surface area (Å²) in [7, 11) is 0. The molecule has 0 aromatic carbocycles. The molecule has 13 heavy (non-hydrogen) atoms. The quantitative estimate of drug-likeness (QED) is 0.662. The van der Waals surface area contributed by atoms with Crippen LogP contribution in [0.4, 0.5) is 0 Å². The second-order valence-electron chi connectivity index (χ2n) is 4.17. The van der Waals surface area contributed by atoms with E-state index in [2.05, 4.69) is 13.2 Å². The minimum Gasteiger partial charge on any atom is -0.385 e. The van der Waals surface area contributed by atoms with Crippen LogP contribution in [-0.2, 0) is 0 Å². The molecule has 1 N–H and O–H groups in total. The average Bonchev–Trinajstić information content (AvgIpc) is 2.09. The van der Waals surface area contributed by atoms with Gasteiger partial charge in [0, 0.05) is 0 Å². The van der Waals surface area contributed by atoms with E-state index in [0.717, 1.165) is 31.3 Å². The summed E-state index contributed by atoms with van der Waals surface area (Å²) in [5.74, 6) is 0.344. The molecule has 1 nitrogen and oxygen atoms in total. The Morgan fingerprint density at radius 1 is 1.62 bits per heavy atom. The predicted octanol–water partition coefficient (Wildman–Crippen LogP) is 3.06.